The van der Waals surface area contributed by atoms with Crippen molar-refractivity contribution in [1.82, 2.24) is 0 Å². The summed E-state index contributed by atoms with van der Waals surface area (Å²) < 4.78 is 16.8. The highest BCUT2D eigenvalue weighted by molar-refractivity contribution is 7.85. The number of benzene rings is 1. The van der Waals surface area contributed by atoms with Gasteiger partial charge in [0.25, 0.3) is 0 Å². The van der Waals surface area contributed by atoms with Gasteiger partial charge in [-0.05, 0) is 31.4 Å². The summed E-state index contributed by atoms with van der Waals surface area (Å²) >= 11 is 0. The first-order valence-electron chi connectivity index (χ1n) is 6.21. The second-order valence-electron chi connectivity index (χ2n) is 4.62. The van der Waals surface area contributed by atoms with Crippen molar-refractivity contribution in [2.45, 2.75) is 26.3 Å². The van der Waals surface area contributed by atoms with Crippen molar-refractivity contribution in [2.24, 2.45) is 5.73 Å². The Bertz CT molecular complexity index is 407. The molecule has 0 aliphatic carbocycles. The summed E-state index contributed by atoms with van der Waals surface area (Å²) in [5.74, 6) is 1.18. The Morgan fingerprint density at radius 1 is 1.39 bits per heavy atom. The highest BCUT2D eigenvalue weighted by Gasteiger charge is 2.12. The van der Waals surface area contributed by atoms with Crippen molar-refractivity contribution < 1.29 is 8.95 Å². The van der Waals surface area contributed by atoms with E-state index in [4.69, 9.17) is 10.5 Å². The van der Waals surface area contributed by atoms with Crippen molar-refractivity contribution in [1.29, 1.82) is 0 Å². The van der Waals surface area contributed by atoms with Crippen LogP contribution >= 0.6 is 0 Å². The third-order valence-corrected chi connectivity index (χ3v) is 4.39. The standard InChI is InChI=1S/C14H23NO2S/c1-11-5-6-13(12(2)9-11)14(15)10-18(16)8-4-7-17-3/h5-6,9,14H,4,7-8,10,15H2,1-3H3. The van der Waals surface area contributed by atoms with Gasteiger partial charge in [-0.2, -0.15) is 0 Å². The molecule has 0 bridgehead atoms. The highest BCUT2D eigenvalue weighted by atomic mass is 32.2. The molecule has 18 heavy (non-hydrogen) atoms. The lowest BCUT2D eigenvalue weighted by molar-refractivity contribution is 0.200. The number of hydrogen-bond donors (Lipinski definition) is 1. The van der Waals surface area contributed by atoms with Crippen LogP contribution in [0.15, 0.2) is 18.2 Å². The van der Waals surface area contributed by atoms with Crippen LogP contribution in [0.25, 0.3) is 0 Å². The molecule has 0 radical (unpaired) electrons. The minimum atomic E-state index is -0.871. The predicted molar refractivity (Wildman–Crippen MR) is 77.2 cm³/mol. The van der Waals surface area contributed by atoms with E-state index in [1.807, 2.05) is 6.07 Å². The molecule has 0 aromatic heterocycles. The van der Waals surface area contributed by atoms with Gasteiger partial charge < -0.3 is 10.5 Å². The first-order valence-corrected chi connectivity index (χ1v) is 7.70. The maximum absolute atomic E-state index is 11.9. The van der Waals surface area contributed by atoms with E-state index in [1.54, 1.807) is 7.11 Å². The Kier molecular flexibility index (Phi) is 6.54. The van der Waals surface area contributed by atoms with Crippen LogP contribution < -0.4 is 5.73 Å². The molecule has 1 rings (SSSR count). The molecule has 0 fully saturated rings. The van der Waals surface area contributed by atoms with E-state index in [0.29, 0.717) is 18.1 Å². The molecule has 2 unspecified atom stereocenters. The van der Waals surface area contributed by atoms with Crippen LogP contribution in [-0.4, -0.2) is 29.4 Å². The fourth-order valence-electron chi connectivity index (χ4n) is 1.98. The summed E-state index contributed by atoms with van der Waals surface area (Å²) in [5, 5.41) is 0. The summed E-state index contributed by atoms with van der Waals surface area (Å²) in [5.41, 5.74) is 9.63. The average Bonchev–Trinajstić information content (AvgIpc) is 2.28. The maximum Gasteiger partial charge on any atom is 0.0471 e. The first-order chi connectivity index (χ1) is 8.54. The number of hydrogen-bond acceptors (Lipinski definition) is 3. The molecule has 0 heterocycles. The van der Waals surface area contributed by atoms with Crippen LogP contribution in [0.5, 0.6) is 0 Å². The molecule has 2 N–H and O–H groups in total. The Balaban J connectivity index is 2.54. The number of aryl methyl sites for hydroxylation is 2. The summed E-state index contributed by atoms with van der Waals surface area (Å²) in [6, 6.07) is 6.06. The van der Waals surface area contributed by atoms with Gasteiger partial charge in [-0.3, -0.25) is 4.21 Å². The Morgan fingerprint density at radius 3 is 2.72 bits per heavy atom. The maximum atomic E-state index is 11.9. The SMILES string of the molecule is COCCCS(=O)CC(N)c1ccc(C)cc1C. The molecule has 3 nitrogen and oxygen atoms in total. The Labute approximate surface area is 112 Å². The van der Waals surface area contributed by atoms with Gasteiger partial charge in [0.05, 0.1) is 0 Å². The van der Waals surface area contributed by atoms with Crippen molar-refractivity contribution in [3.05, 3.63) is 34.9 Å². The van der Waals surface area contributed by atoms with Crippen LogP contribution in [0.3, 0.4) is 0 Å². The van der Waals surface area contributed by atoms with Gasteiger partial charge >= 0.3 is 0 Å². The summed E-state index contributed by atoms with van der Waals surface area (Å²) in [4.78, 5) is 0. The molecule has 0 aliphatic heterocycles. The van der Waals surface area contributed by atoms with Crippen molar-refractivity contribution in [3.63, 3.8) is 0 Å². The minimum Gasteiger partial charge on any atom is -0.385 e. The molecule has 102 valence electrons. The molecule has 4 heteroatoms. The number of methoxy groups -OCH3 is 1. The molecule has 2 atom stereocenters. The fraction of sp³-hybridized carbons (Fsp3) is 0.571. The van der Waals surface area contributed by atoms with Gasteiger partial charge in [0.2, 0.25) is 0 Å². The van der Waals surface area contributed by atoms with Gasteiger partial charge in [-0.1, -0.05) is 23.8 Å². The molecule has 0 saturated carbocycles. The summed E-state index contributed by atoms with van der Waals surface area (Å²) in [6.07, 6.45) is 0.822. The number of nitrogens with two attached hydrogens (primary N) is 1. The molecule has 1 aromatic carbocycles. The quantitative estimate of drug-likeness (QED) is 0.771. The lowest BCUT2D eigenvalue weighted by atomic mass is 10.0. The fourth-order valence-corrected chi connectivity index (χ4v) is 3.17. The van der Waals surface area contributed by atoms with E-state index < -0.39 is 10.8 Å². The van der Waals surface area contributed by atoms with Crippen LogP contribution in [0, 0.1) is 13.8 Å². The van der Waals surface area contributed by atoms with Crippen LogP contribution in [-0.2, 0) is 15.5 Å². The predicted octanol–water partition coefficient (Wildman–Crippen LogP) is 2.09. The Morgan fingerprint density at radius 2 is 2.11 bits per heavy atom. The van der Waals surface area contributed by atoms with Gasteiger partial charge in [-0.25, -0.2) is 0 Å². The van der Waals surface area contributed by atoms with Crippen LogP contribution in [0.2, 0.25) is 0 Å². The van der Waals surface area contributed by atoms with E-state index in [9.17, 15) is 4.21 Å². The smallest absolute Gasteiger partial charge is 0.0471 e. The zero-order valence-corrected chi connectivity index (χ0v) is 12.3. The first kappa shape index (κ1) is 15.3. The average molecular weight is 269 g/mol. The zero-order chi connectivity index (χ0) is 13.5. The molecular weight excluding hydrogens is 246 g/mol. The number of ether oxygens (including phenoxy) is 1. The second-order valence-corrected chi connectivity index (χ2v) is 6.24. The van der Waals surface area contributed by atoms with Crippen LogP contribution in [0.1, 0.15) is 29.2 Å². The van der Waals surface area contributed by atoms with Gasteiger partial charge in [0, 0.05) is 42.1 Å². The molecule has 0 saturated heterocycles. The van der Waals surface area contributed by atoms with Crippen molar-refractivity contribution >= 4 is 10.8 Å². The van der Waals surface area contributed by atoms with E-state index in [1.165, 1.54) is 11.1 Å². The Hall–Kier alpha value is -0.710. The molecular formula is C14H23NO2S. The van der Waals surface area contributed by atoms with Crippen molar-refractivity contribution in [2.75, 3.05) is 25.2 Å². The lowest BCUT2D eigenvalue weighted by Gasteiger charge is -2.15. The van der Waals surface area contributed by atoms with Gasteiger partial charge in [0.15, 0.2) is 0 Å². The second kappa shape index (κ2) is 7.67. The lowest BCUT2D eigenvalue weighted by Crippen LogP contribution is -2.21. The largest absolute Gasteiger partial charge is 0.385 e. The molecule has 0 spiro atoms. The topological polar surface area (TPSA) is 52.3 Å². The van der Waals surface area contributed by atoms with Crippen molar-refractivity contribution in [3.8, 4) is 0 Å². The highest BCUT2D eigenvalue weighted by Crippen LogP contribution is 2.18. The molecule has 1 aromatic rings. The van der Waals surface area contributed by atoms with Gasteiger partial charge in [0.1, 0.15) is 0 Å². The zero-order valence-electron chi connectivity index (χ0n) is 11.4. The molecule has 0 amide bonds. The molecule has 0 aliphatic rings. The van der Waals surface area contributed by atoms with E-state index in [2.05, 4.69) is 26.0 Å². The normalized spacial score (nSPS) is 14.4. The van der Waals surface area contributed by atoms with Crippen LogP contribution in [0.4, 0.5) is 0 Å². The third kappa shape index (κ3) is 4.88. The van der Waals surface area contributed by atoms with E-state index in [-0.39, 0.29) is 6.04 Å². The number of rotatable bonds is 7. The minimum absolute atomic E-state index is 0.144. The van der Waals surface area contributed by atoms with E-state index in [0.717, 1.165) is 12.0 Å². The van der Waals surface area contributed by atoms with E-state index >= 15 is 0 Å². The monoisotopic (exact) mass is 269 g/mol. The summed E-state index contributed by atoms with van der Waals surface area (Å²) in [6.45, 7) is 4.77. The summed E-state index contributed by atoms with van der Waals surface area (Å²) in [7, 11) is 0.786. The third-order valence-electron chi connectivity index (χ3n) is 2.91. The van der Waals surface area contributed by atoms with Gasteiger partial charge in [-0.15, -0.1) is 0 Å².